The quantitative estimate of drug-likeness (QED) is 0.710. The number of hydrogen-bond donors (Lipinski definition) is 2. The van der Waals surface area contributed by atoms with Gasteiger partial charge in [-0.15, -0.1) is 0 Å². The predicted molar refractivity (Wildman–Crippen MR) is 92.4 cm³/mol. The number of anilines is 1. The molecule has 0 radical (unpaired) electrons. The molecule has 0 bridgehead atoms. The van der Waals surface area contributed by atoms with Gasteiger partial charge in [-0.25, -0.2) is 13.6 Å². The minimum absolute atomic E-state index is 0.0430. The van der Waals surface area contributed by atoms with Crippen molar-refractivity contribution in [1.29, 1.82) is 0 Å². The van der Waals surface area contributed by atoms with Crippen LogP contribution < -0.4 is 15.9 Å². The van der Waals surface area contributed by atoms with Crippen molar-refractivity contribution in [2.24, 2.45) is 5.14 Å². The third kappa shape index (κ3) is 3.73. The van der Waals surface area contributed by atoms with Crippen molar-refractivity contribution < 1.29 is 13.2 Å². The molecule has 3 aromatic rings. The van der Waals surface area contributed by atoms with Crippen molar-refractivity contribution in [2.45, 2.75) is 11.4 Å². The molecule has 0 aliphatic rings. The number of para-hydroxylation sites is 1. The van der Waals surface area contributed by atoms with Gasteiger partial charge < -0.3 is 5.32 Å². The van der Waals surface area contributed by atoms with E-state index in [0.29, 0.717) is 16.6 Å². The summed E-state index contributed by atoms with van der Waals surface area (Å²) in [5.41, 5.74) is 0.753. The zero-order valence-electron chi connectivity index (χ0n) is 12.9. The maximum Gasteiger partial charge on any atom is 0.246 e. The fourth-order valence-electron chi connectivity index (χ4n) is 2.35. The van der Waals surface area contributed by atoms with Crippen LogP contribution in [0.25, 0.3) is 10.9 Å². The number of nitrogens with one attached hydrogen (secondary N) is 1. The largest absolute Gasteiger partial charge is 0.324 e. The zero-order chi connectivity index (χ0) is 18.0. The fraction of sp³-hybridized carbons (Fsp3) is 0.0625. The number of primary sulfonamides is 1. The molecule has 1 amide bonds. The summed E-state index contributed by atoms with van der Waals surface area (Å²) < 4.78 is 23.8. The number of nitrogens with two attached hydrogens (primary N) is 1. The summed E-state index contributed by atoms with van der Waals surface area (Å²) in [4.78, 5) is 23.9. The average molecular weight is 358 g/mol. The summed E-state index contributed by atoms with van der Waals surface area (Å²) in [7, 11) is -3.78. The molecule has 0 aliphatic heterocycles. The average Bonchev–Trinajstić information content (AvgIpc) is 2.57. The number of sulfonamides is 1. The summed E-state index contributed by atoms with van der Waals surface area (Å²) in [6, 6.07) is 12.3. The highest BCUT2D eigenvalue weighted by Crippen LogP contribution is 2.13. The predicted octanol–water partition coefficient (Wildman–Crippen LogP) is 0.683. The Labute approximate surface area is 142 Å². The molecule has 25 heavy (non-hydrogen) atoms. The number of carbonyl (C=O) groups excluding carboxylic acids is 1. The van der Waals surface area contributed by atoms with Gasteiger partial charge in [-0.2, -0.15) is 5.10 Å². The molecule has 0 atom stereocenters. The second-order valence-electron chi connectivity index (χ2n) is 5.30. The van der Waals surface area contributed by atoms with E-state index in [4.69, 9.17) is 5.14 Å². The van der Waals surface area contributed by atoms with Gasteiger partial charge in [0.1, 0.15) is 6.54 Å². The lowest BCUT2D eigenvalue weighted by molar-refractivity contribution is -0.116. The number of aromatic nitrogens is 2. The van der Waals surface area contributed by atoms with Crippen LogP contribution in [0.2, 0.25) is 0 Å². The van der Waals surface area contributed by atoms with Crippen molar-refractivity contribution in [3.8, 4) is 0 Å². The number of amides is 1. The molecule has 1 aromatic heterocycles. The molecule has 1 heterocycles. The molecule has 0 unspecified atom stereocenters. The van der Waals surface area contributed by atoms with Crippen LogP contribution in [0.5, 0.6) is 0 Å². The number of nitrogens with zero attached hydrogens (tertiary/aromatic N) is 2. The minimum atomic E-state index is -3.78. The Morgan fingerprint density at radius 3 is 2.48 bits per heavy atom. The molecule has 128 valence electrons. The van der Waals surface area contributed by atoms with Crippen LogP contribution in [0, 0.1) is 0 Å². The second-order valence-corrected chi connectivity index (χ2v) is 6.86. The van der Waals surface area contributed by atoms with Crippen molar-refractivity contribution in [3.63, 3.8) is 0 Å². The molecule has 3 N–H and O–H groups in total. The monoisotopic (exact) mass is 358 g/mol. The van der Waals surface area contributed by atoms with Gasteiger partial charge in [0.2, 0.25) is 21.4 Å². The number of rotatable bonds is 4. The molecular formula is C16H14N4O4S. The van der Waals surface area contributed by atoms with Crippen LogP contribution in [-0.2, 0) is 21.4 Å². The van der Waals surface area contributed by atoms with Gasteiger partial charge in [-0.05, 0) is 36.4 Å². The third-order valence-electron chi connectivity index (χ3n) is 3.52. The van der Waals surface area contributed by atoms with E-state index in [1.807, 2.05) is 0 Å². The lowest BCUT2D eigenvalue weighted by atomic mass is 10.2. The van der Waals surface area contributed by atoms with Crippen LogP contribution in [0.15, 0.2) is 64.4 Å². The van der Waals surface area contributed by atoms with E-state index in [0.717, 1.165) is 6.20 Å². The molecular weight excluding hydrogens is 344 g/mol. The first kappa shape index (κ1) is 16.8. The maximum atomic E-state index is 12.2. The smallest absolute Gasteiger partial charge is 0.246 e. The Hall–Kier alpha value is -3.04. The van der Waals surface area contributed by atoms with Crippen LogP contribution in [0.3, 0.4) is 0 Å². The van der Waals surface area contributed by atoms with E-state index in [9.17, 15) is 18.0 Å². The number of benzene rings is 2. The Kier molecular flexibility index (Phi) is 4.34. The third-order valence-corrected chi connectivity index (χ3v) is 4.45. The molecule has 9 heteroatoms. The first-order chi connectivity index (χ1) is 11.8. The molecule has 3 rings (SSSR count). The standard InChI is InChI=1S/C16H14N4O4S/c17-25(23,24)12-7-5-11(6-8-12)19-16(22)10-20-14-4-2-1-3-13(14)15(21)9-18-20/h1-9H,10H2,(H,19,22)(H2,17,23,24). The fourth-order valence-corrected chi connectivity index (χ4v) is 2.87. The summed E-state index contributed by atoms with van der Waals surface area (Å²) in [6.07, 6.45) is 1.16. The Balaban J connectivity index is 1.80. The summed E-state index contributed by atoms with van der Waals surface area (Å²) >= 11 is 0. The van der Waals surface area contributed by atoms with Gasteiger partial charge in [0, 0.05) is 11.1 Å². The SMILES string of the molecule is NS(=O)(=O)c1ccc(NC(=O)Cn2ncc(=O)c3ccccc32)cc1. The van der Waals surface area contributed by atoms with E-state index in [1.54, 1.807) is 24.3 Å². The van der Waals surface area contributed by atoms with Crippen molar-refractivity contribution in [2.75, 3.05) is 5.32 Å². The lowest BCUT2D eigenvalue weighted by Crippen LogP contribution is -2.22. The Bertz CT molecular complexity index is 1100. The van der Waals surface area contributed by atoms with E-state index in [-0.39, 0.29) is 22.8 Å². The van der Waals surface area contributed by atoms with E-state index in [1.165, 1.54) is 28.9 Å². The summed E-state index contributed by atoms with van der Waals surface area (Å²) in [6.45, 7) is -0.0995. The number of fused-ring (bicyclic) bond motifs is 1. The molecule has 0 fully saturated rings. The van der Waals surface area contributed by atoms with Crippen LogP contribution in [-0.4, -0.2) is 24.1 Å². The van der Waals surface area contributed by atoms with E-state index in [2.05, 4.69) is 10.4 Å². The summed E-state index contributed by atoms with van der Waals surface area (Å²) in [5, 5.41) is 12.1. The van der Waals surface area contributed by atoms with Gasteiger partial charge in [-0.1, -0.05) is 12.1 Å². The van der Waals surface area contributed by atoms with Gasteiger partial charge in [0.15, 0.2) is 0 Å². The molecule has 0 saturated carbocycles. The molecule has 2 aromatic carbocycles. The zero-order valence-corrected chi connectivity index (χ0v) is 13.7. The molecule has 0 saturated heterocycles. The van der Waals surface area contributed by atoms with E-state index < -0.39 is 10.0 Å². The normalized spacial score (nSPS) is 11.4. The lowest BCUT2D eigenvalue weighted by Gasteiger charge is -2.10. The number of hydrogen-bond acceptors (Lipinski definition) is 5. The Morgan fingerprint density at radius 2 is 1.80 bits per heavy atom. The maximum absolute atomic E-state index is 12.2. The molecule has 0 spiro atoms. The van der Waals surface area contributed by atoms with Gasteiger partial charge in [0.25, 0.3) is 0 Å². The van der Waals surface area contributed by atoms with Crippen molar-refractivity contribution >= 4 is 32.5 Å². The number of carbonyl (C=O) groups is 1. The van der Waals surface area contributed by atoms with Crippen molar-refractivity contribution in [3.05, 3.63) is 65.0 Å². The Morgan fingerprint density at radius 1 is 1.12 bits per heavy atom. The van der Waals surface area contributed by atoms with E-state index >= 15 is 0 Å². The van der Waals surface area contributed by atoms with Crippen LogP contribution in [0.1, 0.15) is 0 Å². The van der Waals surface area contributed by atoms with Gasteiger partial charge in [0.05, 0.1) is 16.6 Å². The van der Waals surface area contributed by atoms with Crippen LogP contribution >= 0.6 is 0 Å². The first-order valence-corrected chi connectivity index (χ1v) is 8.77. The first-order valence-electron chi connectivity index (χ1n) is 7.22. The molecule has 0 aliphatic carbocycles. The molecule has 8 nitrogen and oxygen atoms in total. The highest BCUT2D eigenvalue weighted by molar-refractivity contribution is 7.89. The highest BCUT2D eigenvalue weighted by Gasteiger charge is 2.10. The highest BCUT2D eigenvalue weighted by atomic mass is 32.2. The topological polar surface area (TPSA) is 124 Å². The summed E-state index contributed by atoms with van der Waals surface area (Å²) in [5.74, 6) is -0.371. The van der Waals surface area contributed by atoms with Gasteiger partial charge >= 0.3 is 0 Å². The van der Waals surface area contributed by atoms with Crippen molar-refractivity contribution in [1.82, 2.24) is 9.78 Å². The van der Waals surface area contributed by atoms with Crippen LogP contribution in [0.4, 0.5) is 5.69 Å². The minimum Gasteiger partial charge on any atom is -0.324 e. The van der Waals surface area contributed by atoms with Gasteiger partial charge in [-0.3, -0.25) is 14.3 Å². The second kappa shape index (κ2) is 6.46.